The first-order valence-corrected chi connectivity index (χ1v) is 7.48. The van der Waals surface area contributed by atoms with E-state index >= 15 is 0 Å². The number of pyridine rings is 2. The smallest absolute Gasteiger partial charge is 0.343 e. The Balaban J connectivity index is 1.71. The number of rotatable bonds is 4. The first kappa shape index (κ1) is 16.3. The Morgan fingerprint density at radius 1 is 0.760 bits per heavy atom. The monoisotopic (exact) mass is 334 g/mol. The molecule has 0 spiro atoms. The molecule has 1 aromatic carbocycles. The van der Waals surface area contributed by atoms with E-state index in [0.29, 0.717) is 28.2 Å². The van der Waals surface area contributed by atoms with Crippen LogP contribution in [0.2, 0.25) is 0 Å². The summed E-state index contributed by atoms with van der Waals surface area (Å²) in [5.41, 5.74) is 1.48. The van der Waals surface area contributed by atoms with E-state index < -0.39 is 11.9 Å². The molecule has 2 aromatic heterocycles. The minimum Gasteiger partial charge on any atom is -0.423 e. The number of carbonyl (C=O) groups excluding carboxylic acids is 2. The quantitative estimate of drug-likeness (QED) is 0.538. The Kier molecular flexibility index (Phi) is 4.80. The molecule has 0 unspecified atom stereocenters. The summed E-state index contributed by atoms with van der Waals surface area (Å²) in [4.78, 5) is 31.8. The molecule has 2 heterocycles. The number of ether oxygens (including phenoxy) is 2. The Hall–Kier alpha value is -3.54. The number of benzene rings is 1. The molecule has 0 bridgehead atoms. The molecule has 0 atom stereocenters. The second-order valence-corrected chi connectivity index (χ2v) is 5.18. The van der Waals surface area contributed by atoms with Crippen LogP contribution in [0.25, 0.3) is 0 Å². The predicted octanol–water partition coefficient (Wildman–Crippen LogP) is 3.22. The van der Waals surface area contributed by atoms with Gasteiger partial charge in [0.15, 0.2) is 0 Å². The van der Waals surface area contributed by atoms with Crippen LogP contribution in [0.15, 0.2) is 67.3 Å². The summed E-state index contributed by atoms with van der Waals surface area (Å²) in [5.74, 6) is -0.205. The average Bonchev–Trinajstić information content (AvgIpc) is 2.65. The van der Waals surface area contributed by atoms with Gasteiger partial charge in [0.2, 0.25) is 0 Å². The molecular formula is C19H14N2O4. The van der Waals surface area contributed by atoms with Crippen molar-refractivity contribution in [2.45, 2.75) is 6.92 Å². The lowest BCUT2D eigenvalue weighted by atomic mass is 10.2. The van der Waals surface area contributed by atoms with Gasteiger partial charge in [-0.15, -0.1) is 0 Å². The fraction of sp³-hybridized carbons (Fsp3) is 0.0526. The molecule has 6 nitrogen and oxygen atoms in total. The molecule has 0 aliphatic rings. The molecule has 0 aliphatic heterocycles. The highest BCUT2D eigenvalue weighted by Crippen LogP contribution is 2.25. The number of hydrogen-bond donors (Lipinski definition) is 0. The number of nitrogens with zero attached hydrogens (tertiary/aromatic N) is 2. The average molecular weight is 334 g/mol. The SMILES string of the molecule is Cc1cc(OC(=O)c2ccncc2)ccc1OC(=O)c1ccncc1. The minimum absolute atomic E-state index is 0.364. The predicted molar refractivity (Wildman–Crippen MR) is 89.6 cm³/mol. The third-order valence-corrected chi connectivity index (χ3v) is 3.39. The van der Waals surface area contributed by atoms with E-state index in [1.165, 1.54) is 24.8 Å². The first-order chi connectivity index (χ1) is 12.1. The van der Waals surface area contributed by atoms with Crippen LogP contribution in [0, 0.1) is 6.92 Å². The number of hydrogen-bond acceptors (Lipinski definition) is 6. The van der Waals surface area contributed by atoms with E-state index in [1.54, 1.807) is 49.4 Å². The summed E-state index contributed by atoms with van der Waals surface area (Å²) in [7, 11) is 0. The summed E-state index contributed by atoms with van der Waals surface area (Å²) in [6, 6.07) is 11.1. The topological polar surface area (TPSA) is 78.4 Å². The van der Waals surface area contributed by atoms with Gasteiger partial charge in [-0.25, -0.2) is 9.59 Å². The van der Waals surface area contributed by atoms with Crippen LogP contribution in [0.1, 0.15) is 26.3 Å². The van der Waals surface area contributed by atoms with Crippen LogP contribution in [-0.2, 0) is 0 Å². The maximum Gasteiger partial charge on any atom is 0.343 e. The third kappa shape index (κ3) is 4.06. The zero-order valence-electron chi connectivity index (χ0n) is 13.4. The van der Waals surface area contributed by atoms with Crippen molar-refractivity contribution in [3.8, 4) is 11.5 Å². The lowest BCUT2D eigenvalue weighted by Crippen LogP contribution is -2.10. The molecule has 3 rings (SSSR count). The van der Waals surface area contributed by atoms with E-state index in [2.05, 4.69) is 9.97 Å². The zero-order valence-corrected chi connectivity index (χ0v) is 13.4. The van der Waals surface area contributed by atoms with Gasteiger partial charge in [-0.05, 0) is 55.0 Å². The summed E-state index contributed by atoms with van der Waals surface area (Å²) in [6.07, 6.45) is 6.07. The van der Waals surface area contributed by atoms with Crippen molar-refractivity contribution in [2.24, 2.45) is 0 Å². The van der Waals surface area contributed by atoms with E-state index in [0.717, 1.165) is 0 Å². The van der Waals surface area contributed by atoms with Crippen LogP contribution in [0.4, 0.5) is 0 Å². The Bertz CT molecular complexity index is 896. The molecule has 0 radical (unpaired) electrons. The lowest BCUT2D eigenvalue weighted by molar-refractivity contribution is 0.0718. The number of aromatic nitrogens is 2. The number of carbonyl (C=O) groups is 2. The summed E-state index contributed by atoms with van der Waals surface area (Å²) in [5, 5.41) is 0. The van der Waals surface area contributed by atoms with Gasteiger partial charge < -0.3 is 9.47 Å². The van der Waals surface area contributed by atoms with Crippen LogP contribution in [0.3, 0.4) is 0 Å². The normalized spacial score (nSPS) is 10.1. The van der Waals surface area contributed by atoms with Gasteiger partial charge in [-0.1, -0.05) is 0 Å². The fourth-order valence-corrected chi connectivity index (χ4v) is 2.10. The van der Waals surface area contributed by atoms with Crippen molar-refractivity contribution in [2.75, 3.05) is 0 Å². The summed E-state index contributed by atoms with van der Waals surface area (Å²) < 4.78 is 10.7. The molecule has 124 valence electrons. The van der Waals surface area contributed by atoms with Crippen LogP contribution >= 0.6 is 0 Å². The van der Waals surface area contributed by atoms with Crippen molar-refractivity contribution < 1.29 is 19.1 Å². The molecule has 0 saturated heterocycles. The van der Waals surface area contributed by atoms with Crippen LogP contribution < -0.4 is 9.47 Å². The van der Waals surface area contributed by atoms with E-state index in [-0.39, 0.29) is 0 Å². The molecule has 0 saturated carbocycles. The summed E-state index contributed by atoms with van der Waals surface area (Å²) in [6.45, 7) is 1.76. The highest BCUT2D eigenvalue weighted by atomic mass is 16.5. The van der Waals surface area contributed by atoms with E-state index in [1.807, 2.05) is 0 Å². The molecule has 0 N–H and O–H groups in total. The van der Waals surface area contributed by atoms with Gasteiger partial charge in [0, 0.05) is 24.8 Å². The van der Waals surface area contributed by atoms with E-state index in [9.17, 15) is 9.59 Å². The molecule has 0 amide bonds. The van der Waals surface area contributed by atoms with Crippen molar-refractivity contribution in [3.63, 3.8) is 0 Å². The largest absolute Gasteiger partial charge is 0.423 e. The van der Waals surface area contributed by atoms with Crippen molar-refractivity contribution >= 4 is 11.9 Å². The van der Waals surface area contributed by atoms with Gasteiger partial charge in [-0.2, -0.15) is 0 Å². The Morgan fingerprint density at radius 3 is 1.80 bits per heavy atom. The maximum absolute atomic E-state index is 12.1. The number of aryl methyl sites for hydroxylation is 1. The van der Waals surface area contributed by atoms with Crippen molar-refractivity contribution in [1.82, 2.24) is 9.97 Å². The van der Waals surface area contributed by atoms with Crippen molar-refractivity contribution in [1.29, 1.82) is 0 Å². The molecule has 3 aromatic rings. The molecule has 6 heteroatoms. The van der Waals surface area contributed by atoms with Gasteiger partial charge >= 0.3 is 11.9 Å². The lowest BCUT2D eigenvalue weighted by Gasteiger charge is -2.10. The Labute approximate surface area is 144 Å². The highest BCUT2D eigenvalue weighted by Gasteiger charge is 2.12. The van der Waals surface area contributed by atoms with Gasteiger partial charge in [-0.3, -0.25) is 9.97 Å². The molecular weight excluding hydrogens is 320 g/mol. The summed E-state index contributed by atoms with van der Waals surface area (Å²) >= 11 is 0. The second kappa shape index (κ2) is 7.35. The van der Waals surface area contributed by atoms with Crippen LogP contribution in [-0.4, -0.2) is 21.9 Å². The fourth-order valence-electron chi connectivity index (χ4n) is 2.10. The molecule has 0 fully saturated rings. The van der Waals surface area contributed by atoms with Gasteiger partial charge in [0.25, 0.3) is 0 Å². The second-order valence-electron chi connectivity index (χ2n) is 5.18. The first-order valence-electron chi connectivity index (χ1n) is 7.48. The minimum atomic E-state index is -0.483. The standard InChI is InChI=1S/C19H14N2O4/c1-13-12-16(24-18(22)14-4-8-20-9-5-14)2-3-17(13)25-19(23)15-6-10-21-11-7-15/h2-12H,1H3. The van der Waals surface area contributed by atoms with E-state index in [4.69, 9.17) is 9.47 Å². The highest BCUT2D eigenvalue weighted by molar-refractivity contribution is 5.91. The zero-order chi connectivity index (χ0) is 17.6. The Morgan fingerprint density at radius 2 is 1.28 bits per heavy atom. The third-order valence-electron chi connectivity index (χ3n) is 3.39. The van der Waals surface area contributed by atoms with Crippen molar-refractivity contribution in [3.05, 3.63) is 83.9 Å². The number of esters is 2. The molecule has 0 aliphatic carbocycles. The van der Waals surface area contributed by atoms with Crippen LogP contribution in [0.5, 0.6) is 11.5 Å². The van der Waals surface area contributed by atoms with Gasteiger partial charge in [0.05, 0.1) is 11.1 Å². The molecule has 25 heavy (non-hydrogen) atoms. The van der Waals surface area contributed by atoms with Gasteiger partial charge in [0.1, 0.15) is 11.5 Å². The maximum atomic E-state index is 12.1.